The summed E-state index contributed by atoms with van der Waals surface area (Å²) in [5, 5.41) is 0. The number of hydrogen-bond donors (Lipinski definition) is 0. The largest absolute Gasteiger partial charge is 0.494 e. The van der Waals surface area contributed by atoms with E-state index in [2.05, 4.69) is 4.90 Å². The highest BCUT2D eigenvalue weighted by atomic mass is 19.1. The van der Waals surface area contributed by atoms with E-state index in [1.165, 1.54) is 19.6 Å². The lowest BCUT2D eigenvalue weighted by Gasteiger charge is -2.33. The van der Waals surface area contributed by atoms with Crippen LogP contribution in [-0.4, -0.2) is 55.1 Å². The zero-order chi connectivity index (χ0) is 21.6. The lowest BCUT2D eigenvalue weighted by Crippen LogP contribution is -2.38. The Balaban J connectivity index is 1.33. The number of hydrogen-bond acceptors (Lipinski definition) is 4. The van der Waals surface area contributed by atoms with Crippen molar-refractivity contribution in [2.45, 2.75) is 44.8 Å². The van der Waals surface area contributed by atoms with Gasteiger partial charge in [0.1, 0.15) is 11.9 Å². The molecule has 1 amide bonds. The van der Waals surface area contributed by atoms with Crippen molar-refractivity contribution >= 4 is 5.91 Å². The van der Waals surface area contributed by atoms with Crippen molar-refractivity contribution in [1.29, 1.82) is 0 Å². The first-order chi connectivity index (χ1) is 15.1. The van der Waals surface area contributed by atoms with E-state index in [1.807, 2.05) is 35.2 Å². The van der Waals surface area contributed by atoms with Crippen LogP contribution in [0.1, 0.15) is 48.0 Å². The van der Waals surface area contributed by atoms with Gasteiger partial charge in [0.2, 0.25) is 0 Å². The number of carbonyl (C=O) groups excluding carboxylic acids is 1. The first kappa shape index (κ1) is 21.6. The molecule has 0 aromatic heterocycles. The molecule has 6 heteroatoms. The number of rotatable bonds is 6. The summed E-state index contributed by atoms with van der Waals surface area (Å²) in [4.78, 5) is 17.3. The number of likely N-dealkylation sites (tertiary alicyclic amines) is 2. The number of halogens is 1. The molecule has 31 heavy (non-hydrogen) atoms. The summed E-state index contributed by atoms with van der Waals surface area (Å²) in [6.07, 6.45) is 5.23. The van der Waals surface area contributed by atoms with Gasteiger partial charge < -0.3 is 14.4 Å². The van der Waals surface area contributed by atoms with Crippen LogP contribution in [0.3, 0.4) is 0 Å². The van der Waals surface area contributed by atoms with Crippen LogP contribution >= 0.6 is 0 Å². The van der Waals surface area contributed by atoms with Gasteiger partial charge in [-0.2, -0.15) is 0 Å². The average Bonchev–Trinajstić information content (AvgIpc) is 2.82. The predicted octanol–water partition coefficient (Wildman–Crippen LogP) is 4.50. The van der Waals surface area contributed by atoms with Crippen LogP contribution in [-0.2, 0) is 6.54 Å². The number of methoxy groups -OCH3 is 1. The normalized spacial score (nSPS) is 18.1. The Labute approximate surface area is 183 Å². The predicted molar refractivity (Wildman–Crippen MR) is 118 cm³/mol. The summed E-state index contributed by atoms with van der Waals surface area (Å²) in [5.41, 5.74) is 1.71. The number of nitrogens with zero attached hydrogens (tertiary/aromatic N) is 2. The van der Waals surface area contributed by atoms with Gasteiger partial charge in [-0.15, -0.1) is 0 Å². The Bertz CT molecular complexity index is 890. The van der Waals surface area contributed by atoms with E-state index in [-0.39, 0.29) is 23.6 Å². The number of amides is 1. The number of ether oxygens (including phenoxy) is 2. The van der Waals surface area contributed by atoms with Crippen LogP contribution in [0.5, 0.6) is 11.5 Å². The van der Waals surface area contributed by atoms with Gasteiger partial charge in [-0.1, -0.05) is 18.2 Å². The van der Waals surface area contributed by atoms with Gasteiger partial charge >= 0.3 is 0 Å². The molecule has 2 fully saturated rings. The molecule has 0 aliphatic carbocycles. The number of benzene rings is 2. The second kappa shape index (κ2) is 10.1. The molecule has 0 unspecified atom stereocenters. The minimum Gasteiger partial charge on any atom is -0.494 e. The molecule has 0 spiro atoms. The first-order valence-corrected chi connectivity index (χ1v) is 11.2. The summed E-state index contributed by atoms with van der Waals surface area (Å²) < 4.78 is 25.0. The molecule has 0 bridgehead atoms. The van der Waals surface area contributed by atoms with Crippen molar-refractivity contribution in [1.82, 2.24) is 9.80 Å². The van der Waals surface area contributed by atoms with Crippen LogP contribution in [0, 0.1) is 5.82 Å². The van der Waals surface area contributed by atoms with E-state index in [0.717, 1.165) is 64.0 Å². The van der Waals surface area contributed by atoms with Gasteiger partial charge in [0.05, 0.1) is 12.7 Å². The Hall–Kier alpha value is -2.60. The molecule has 166 valence electrons. The molecule has 2 aromatic rings. The van der Waals surface area contributed by atoms with E-state index in [0.29, 0.717) is 11.3 Å². The molecule has 0 N–H and O–H groups in total. The molecule has 2 aromatic carbocycles. The highest BCUT2D eigenvalue weighted by molar-refractivity contribution is 5.97. The zero-order valence-corrected chi connectivity index (χ0v) is 18.2. The standard InChI is InChI=1S/C25H31FN2O3/c1-30-24-17-19(9-10-22(24)26)18-27-15-11-20(12-16-27)31-23-8-4-3-7-21(23)25(29)28-13-5-2-6-14-28/h3-4,7-10,17,20H,2,5-6,11-16,18H2,1H3. The molecular weight excluding hydrogens is 395 g/mol. The molecule has 2 aliphatic rings. The zero-order valence-electron chi connectivity index (χ0n) is 18.2. The topological polar surface area (TPSA) is 42.0 Å². The van der Waals surface area contributed by atoms with Crippen LogP contribution in [0.2, 0.25) is 0 Å². The summed E-state index contributed by atoms with van der Waals surface area (Å²) >= 11 is 0. The highest BCUT2D eigenvalue weighted by Gasteiger charge is 2.25. The van der Waals surface area contributed by atoms with E-state index in [1.54, 1.807) is 6.07 Å². The minimum absolute atomic E-state index is 0.0815. The summed E-state index contributed by atoms with van der Waals surface area (Å²) in [6, 6.07) is 12.7. The van der Waals surface area contributed by atoms with Crippen LogP contribution in [0.15, 0.2) is 42.5 Å². The third kappa shape index (κ3) is 5.37. The molecule has 4 rings (SSSR count). The van der Waals surface area contributed by atoms with Crippen molar-refractivity contribution in [3.63, 3.8) is 0 Å². The van der Waals surface area contributed by atoms with Crippen LogP contribution in [0.25, 0.3) is 0 Å². The second-order valence-electron chi connectivity index (χ2n) is 8.41. The smallest absolute Gasteiger partial charge is 0.257 e. The fourth-order valence-corrected chi connectivity index (χ4v) is 4.44. The van der Waals surface area contributed by atoms with Crippen molar-refractivity contribution in [3.8, 4) is 11.5 Å². The van der Waals surface area contributed by atoms with Crippen LogP contribution < -0.4 is 9.47 Å². The van der Waals surface area contributed by atoms with E-state index in [9.17, 15) is 9.18 Å². The lowest BCUT2D eigenvalue weighted by molar-refractivity contribution is 0.0702. The highest BCUT2D eigenvalue weighted by Crippen LogP contribution is 2.26. The van der Waals surface area contributed by atoms with Gasteiger partial charge in [0.15, 0.2) is 11.6 Å². The van der Waals surface area contributed by atoms with E-state index < -0.39 is 0 Å². The van der Waals surface area contributed by atoms with Crippen molar-refractivity contribution in [2.75, 3.05) is 33.3 Å². The number of para-hydroxylation sites is 1. The summed E-state index contributed by atoms with van der Waals surface area (Å²) in [7, 11) is 1.49. The summed E-state index contributed by atoms with van der Waals surface area (Å²) in [5.74, 6) is 0.722. The van der Waals surface area contributed by atoms with Crippen molar-refractivity contribution in [2.24, 2.45) is 0 Å². The fourth-order valence-electron chi connectivity index (χ4n) is 4.44. The quantitative estimate of drug-likeness (QED) is 0.682. The van der Waals surface area contributed by atoms with Gasteiger partial charge in [-0.05, 0) is 61.9 Å². The van der Waals surface area contributed by atoms with Gasteiger partial charge in [0.25, 0.3) is 5.91 Å². The third-order valence-electron chi connectivity index (χ3n) is 6.21. The Morgan fingerprint density at radius 1 is 1.00 bits per heavy atom. The minimum atomic E-state index is -0.337. The molecular formula is C25H31FN2O3. The summed E-state index contributed by atoms with van der Waals surface area (Å²) in [6.45, 7) is 4.21. The second-order valence-corrected chi connectivity index (χ2v) is 8.41. The third-order valence-corrected chi connectivity index (χ3v) is 6.21. The van der Waals surface area contributed by atoms with Crippen molar-refractivity contribution < 1.29 is 18.7 Å². The molecule has 0 radical (unpaired) electrons. The maximum atomic E-state index is 13.6. The Kier molecular flexibility index (Phi) is 7.07. The first-order valence-electron chi connectivity index (χ1n) is 11.2. The molecule has 2 heterocycles. The van der Waals surface area contributed by atoms with E-state index >= 15 is 0 Å². The SMILES string of the molecule is COc1cc(CN2CCC(Oc3ccccc3C(=O)N3CCCCC3)CC2)ccc1F. The molecule has 2 aliphatic heterocycles. The Morgan fingerprint density at radius 3 is 2.48 bits per heavy atom. The van der Waals surface area contributed by atoms with Gasteiger partial charge in [-0.25, -0.2) is 4.39 Å². The molecule has 0 atom stereocenters. The van der Waals surface area contributed by atoms with Crippen molar-refractivity contribution in [3.05, 3.63) is 59.4 Å². The lowest BCUT2D eigenvalue weighted by atomic mass is 10.1. The number of piperidine rings is 2. The Morgan fingerprint density at radius 2 is 1.74 bits per heavy atom. The average molecular weight is 427 g/mol. The monoisotopic (exact) mass is 426 g/mol. The maximum Gasteiger partial charge on any atom is 0.257 e. The van der Waals surface area contributed by atoms with E-state index in [4.69, 9.17) is 9.47 Å². The van der Waals surface area contributed by atoms with Gasteiger partial charge in [0, 0.05) is 32.7 Å². The molecule has 2 saturated heterocycles. The maximum absolute atomic E-state index is 13.6. The molecule has 0 saturated carbocycles. The van der Waals surface area contributed by atoms with Gasteiger partial charge in [-0.3, -0.25) is 9.69 Å². The van der Waals surface area contributed by atoms with Crippen LogP contribution in [0.4, 0.5) is 4.39 Å². The molecule has 5 nitrogen and oxygen atoms in total. The fraction of sp³-hybridized carbons (Fsp3) is 0.480. The number of carbonyl (C=O) groups is 1.